The highest BCUT2D eigenvalue weighted by atomic mass is 32.1. The summed E-state index contributed by atoms with van der Waals surface area (Å²) in [6, 6.07) is 11.0. The van der Waals surface area contributed by atoms with Crippen LogP contribution in [0.5, 0.6) is 0 Å². The summed E-state index contributed by atoms with van der Waals surface area (Å²) in [5.74, 6) is 0. The predicted molar refractivity (Wildman–Crippen MR) is 105 cm³/mol. The third-order valence-electron chi connectivity index (χ3n) is 4.16. The molecule has 0 aliphatic carbocycles. The lowest BCUT2D eigenvalue weighted by Crippen LogP contribution is -2.33. The Bertz CT molecular complexity index is 1120. The molecule has 0 bridgehead atoms. The van der Waals surface area contributed by atoms with Gasteiger partial charge in [-0.15, -0.1) is 11.3 Å². The summed E-state index contributed by atoms with van der Waals surface area (Å²) in [6.45, 7) is 0.216. The van der Waals surface area contributed by atoms with Gasteiger partial charge in [-0.3, -0.25) is 4.79 Å². The molecule has 132 valence electrons. The molecule has 0 aliphatic heterocycles. The van der Waals surface area contributed by atoms with Gasteiger partial charge in [0.05, 0.1) is 17.4 Å². The Morgan fingerprint density at radius 1 is 1.19 bits per heavy atom. The van der Waals surface area contributed by atoms with Gasteiger partial charge >= 0.3 is 7.12 Å². The van der Waals surface area contributed by atoms with E-state index in [1.807, 2.05) is 29.6 Å². The summed E-state index contributed by atoms with van der Waals surface area (Å²) in [5.41, 5.74) is 10.2. The minimum Gasteiger partial charge on any atom is -0.508 e. The fourth-order valence-corrected chi connectivity index (χ4v) is 3.55. The molecule has 27 heavy (non-hydrogen) atoms. The van der Waals surface area contributed by atoms with E-state index in [2.05, 4.69) is 19.8 Å². The first-order valence-electron chi connectivity index (χ1n) is 7.99. The van der Waals surface area contributed by atoms with Crippen molar-refractivity contribution in [3.05, 3.63) is 54.2 Å². The number of carbonyl (C=O) groups is 1. The van der Waals surface area contributed by atoms with Crippen LogP contribution in [-0.2, 0) is 9.45 Å². The lowest BCUT2D eigenvalue weighted by atomic mass is 9.77. The van der Waals surface area contributed by atoms with E-state index >= 15 is 0 Å². The van der Waals surface area contributed by atoms with Gasteiger partial charge in [-0.2, -0.15) is 10.2 Å². The molecule has 0 amide bonds. The average molecular weight is 376 g/mol. The third-order valence-corrected chi connectivity index (χ3v) is 4.96. The molecule has 3 N–H and O–H groups in total. The Morgan fingerprint density at radius 3 is 2.85 bits per heavy atom. The minimum absolute atomic E-state index is 0.216. The van der Waals surface area contributed by atoms with Gasteiger partial charge in [0.25, 0.3) is 6.47 Å². The summed E-state index contributed by atoms with van der Waals surface area (Å²) >= 11 is 1.51. The highest BCUT2D eigenvalue weighted by molar-refractivity contribution is 7.13. The first-order valence-corrected chi connectivity index (χ1v) is 8.87. The van der Waals surface area contributed by atoms with E-state index in [9.17, 15) is 9.82 Å². The zero-order valence-electron chi connectivity index (χ0n) is 13.9. The topological polar surface area (TPSA) is 111 Å². The molecule has 4 aromatic rings. The molecule has 0 saturated heterocycles. The Labute approximate surface area is 158 Å². The van der Waals surface area contributed by atoms with E-state index < -0.39 is 7.12 Å². The number of nitrogens with zero attached hydrogens (tertiary/aromatic N) is 3. The molecule has 0 unspecified atom stereocenters. The second kappa shape index (κ2) is 7.14. The summed E-state index contributed by atoms with van der Waals surface area (Å²) in [5, 5.41) is 21.6. The molecule has 0 aliphatic rings. The Morgan fingerprint density at radius 2 is 2.07 bits per heavy atom. The van der Waals surface area contributed by atoms with Crippen LogP contribution >= 0.6 is 11.3 Å². The molecule has 0 saturated carbocycles. The zero-order chi connectivity index (χ0) is 18.8. The van der Waals surface area contributed by atoms with Crippen LogP contribution in [0.4, 0.5) is 5.69 Å². The number of rotatable bonds is 5. The lowest BCUT2D eigenvalue weighted by molar-refractivity contribution is -0.121. The van der Waals surface area contributed by atoms with Crippen LogP contribution in [0.3, 0.4) is 0 Å². The van der Waals surface area contributed by atoms with Gasteiger partial charge in [0.2, 0.25) is 0 Å². The van der Waals surface area contributed by atoms with Crippen molar-refractivity contribution in [2.45, 2.75) is 0 Å². The van der Waals surface area contributed by atoms with Crippen molar-refractivity contribution in [2.75, 3.05) is 5.73 Å². The van der Waals surface area contributed by atoms with Crippen LogP contribution in [0.2, 0.25) is 0 Å². The Hall–Kier alpha value is -3.30. The van der Waals surface area contributed by atoms with Crippen LogP contribution < -0.4 is 11.2 Å². The van der Waals surface area contributed by atoms with Gasteiger partial charge in [0.1, 0.15) is 5.01 Å². The maximum absolute atomic E-state index is 10.6. The van der Waals surface area contributed by atoms with E-state index in [0.29, 0.717) is 16.7 Å². The van der Waals surface area contributed by atoms with Gasteiger partial charge < -0.3 is 15.4 Å². The number of nitrogen functional groups attached to an aromatic ring is 1. The van der Waals surface area contributed by atoms with Crippen molar-refractivity contribution < 1.29 is 14.5 Å². The number of fused-ring (bicyclic) bond motifs is 1. The van der Waals surface area contributed by atoms with Gasteiger partial charge in [0.15, 0.2) is 0 Å². The van der Waals surface area contributed by atoms with E-state index in [4.69, 9.17) is 5.73 Å². The lowest BCUT2D eigenvalue weighted by Gasteiger charge is -2.12. The van der Waals surface area contributed by atoms with Crippen molar-refractivity contribution in [3.8, 4) is 21.7 Å². The van der Waals surface area contributed by atoms with Crippen molar-refractivity contribution in [1.82, 2.24) is 15.2 Å². The molecular formula is C18H13BN4O3S. The molecule has 2 aromatic heterocycles. The van der Waals surface area contributed by atoms with Crippen molar-refractivity contribution >= 4 is 47.0 Å². The van der Waals surface area contributed by atoms with Gasteiger partial charge in [0, 0.05) is 22.5 Å². The summed E-state index contributed by atoms with van der Waals surface area (Å²) < 4.78 is 4.66. The normalized spacial score (nSPS) is 10.7. The van der Waals surface area contributed by atoms with Crippen LogP contribution in [-0.4, -0.2) is 33.8 Å². The number of hydrogen-bond acceptors (Lipinski definition) is 8. The number of aromatic nitrogens is 3. The number of benzene rings is 2. The van der Waals surface area contributed by atoms with Crippen LogP contribution in [0.25, 0.3) is 32.6 Å². The van der Waals surface area contributed by atoms with Crippen LogP contribution in [0.15, 0.2) is 54.2 Å². The molecule has 0 radical (unpaired) electrons. The second-order valence-electron chi connectivity index (χ2n) is 5.76. The van der Waals surface area contributed by atoms with E-state index in [0.717, 1.165) is 27.1 Å². The van der Waals surface area contributed by atoms with E-state index in [1.165, 1.54) is 17.5 Å². The van der Waals surface area contributed by atoms with E-state index in [-0.39, 0.29) is 6.47 Å². The maximum atomic E-state index is 10.6. The molecule has 9 heteroatoms. The smallest absolute Gasteiger partial charge is 0.508 e. The predicted octanol–water partition coefficient (Wildman–Crippen LogP) is 1.86. The SMILES string of the molecule is Nc1cnnc2cc(-c3cc(B(O)OC=O)ccc3-c3nccs3)ccc12. The van der Waals surface area contributed by atoms with Gasteiger partial charge in [-0.05, 0) is 28.7 Å². The minimum atomic E-state index is -1.34. The quantitative estimate of drug-likeness (QED) is 0.404. The number of carbonyl (C=O) groups excluding carboxylic acids is 1. The molecule has 7 nitrogen and oxygen atoms in total. The van der Waals surface area contributed by atoms with Crippen molar-refractivity contribution in [2.24, 2.45) is 0 Å². The Kier molecular flexibility index (Phi) is 4.53. The third kappa shape index (κ3) is 3.25. The van der Waals surface area contributed by atoms with Crippen LogP contribution in [0, 0.1) is 0 Å². The highest BCUT2D eigenvalue weighted by Gasteiger charge is 2.21. The fraction of sp³-hybridized carbons (Fsp3) is 0. The van der Waals surface area contributed by atoms with E-state index in [1.54, 1.807) is 18.3 Å². The molecule has 0 atom stereocenters. The second-order valence-corrected chi connectivity index (χ2v) is 6.65. The number of hydrogen-bond donors (Lipinski definition) is 2. The number of nitrogens with two attached hydrogens (primary N) is 1. The van der Waals surface area contributed by atoms with Crippen molar-refractivity contribution in [3.63, 3.8) is 0 Å². The molecule has 4 rings (SSSR count). The first kappa shape index (κ1) is 17.1. The maximum Gasteiger partial charge on any atom is 0.561 e. The number of anilines is 1. The number of thiazole rings is 1. The molecule has 2 heterocycles. The Balaban J connectivity index is 1.91. The summed E-state index contributed by atoms with van der Waals surface area (Å²) in [6.07, 6.45) is 3.24. The zero-order valence-corrected chi connectivity index (χ0v) is 14.8. The monoisotopic (exact) mass is 376 g/mol. The highest BCUT2D eigenvalue weighted by Crippen LogP contribution is 2.34. The fourth-order valence-electron chi connectivity index (χ4n) is 2.88. The van der Waals surface area contributed by atoms with Gasteiger partial charge in [-0.25, -0.2) is 4.98 Å². The average Bonchev–Trinajstić information content (AvgIpc) is 3.22. The first-order chi connectivity index (χ1) is 13.2. The summed E-state index contributed by atoms with van der Waals surface area (Å²) in [7, 11) is -1.34. The van der Waals surface area contributed by atoms with Gasteiger partial charge in [-0.1, -0.05) is 24.3 Å². The molecular weight excluding hydrogens is 363 g/mol. The van der Waals surface area contributed by atoms with Crippen LogP contribution in [0.1, 0.15) is 0 Å². The molecule has 0 fully saturated rings. The molecule has 2 aromatic carbocycles. The molecule has 0 spiro atoms. The summed E-state index contributed by atoms with van der Waals surface area (Å²) in [4.78, 5) is 14.9. The van der Waals surface area contributed by atoms with Crippen molar-refractivity contribution in [1.29, 1.82) is 0 Å². The standard InChI is InChI=1S/C18H13BN4O3S/c20-16-9-22-23-17-7-11(1-3-14(16)17)15-8-12(19(25)26-10-24)2-4-13(15)18-21-5-6-27-18/h1-10,25H,(H2,20,23). The largest absolute Gasteiger partial charge is 0.561 e.